The first kappa shape index (κ1) is 18.2. The lowest BCUT2D eigenvalue weighted by Gasteiger charge is -2.41. The van der Waals surface area contributed by atoms with E-state index in [0.29, 0.717) is 18.8 Å². The third-order valence-corrected chi connectivity index (χ3v) is 6.09. The normalized spacial score (nSPS) is 35.8. The van der Waals surface area contributed by atoms with E-state index in [9.17, 15) is 4.79 Å². The van der Waals surface area contributed by atoms with E-state index in [0.717, 1.165) is 44.2 Å². The molecule has 0 aromatic rings. The quantitative estimate of drug-likeness (QED) is 0.694. The molecule has 3 aliphatic rings. The van der Waals surface area contributed by atoms with Gasteiger partial charge in [0.15, 0.2) is 0 Å². The van der Waals surface area contributed by atoms with Crippen LogP contribution < -0.4 is 0 Å². The molecule has 3 fully saturated rings. The van der Waals surface area contributed by atoms with Gasteiger partial charge in [-0.25, -0.2) is 0 Å². The first-order chi connectivity index (χ1) is 11.6. The number of nitrogens with zero attached hydrogens (tertiary/aromatic N) is 2. The first-order valence-electron chi connectivity index (χ1n) is 9.79. The lowest BCUT2D eigenvalue weighted by atomic mass is 9.87. The van der Waals surface area contributed by atoms with Crippen LogP contribution in [0.3, 0.4) is 0 Å². The van der Waals surface area contributed by atoms with Crippen LogP contribution in [0.1, 0.15) is 46.0 Å². The third-order valence-electron chi connectivity index (χ3n) is 6.09. The molecule has 1 saturated carbocycles. The standard InChI is InChI=1S/C19H34N2O3/c1-4-23-19(22)15-5-7-18(8-6-15)24-13-17-9-16(12-20(17)3)21-10-14(2)11-21/h14-18H,4-13H2,1-3H3/t15?,16-,17-,18?/m0/s1. The lowest BCUT2D eigenvalue weighted by Crippen LogP contribution is -2.51. The van der Waals surface area contributed by atoms with Gasteiger partial charge in [0.1, 0.15) is 0 Å². The fourth-order valence-corrected chi connectivity index (χ4v) is 4.53. The Labute approximate surface area is 146 Å². The van der Waals surface area contributed by atoms with E-state index in [1.54, 1.807) is 0 Å². The molecule has 5 heteroatoms. The molecule has 138 valence electrons. The summed E-state index contributed by atoms with van der Waals surface area (Å²) in [5, 5.41) is 0. The second-order valence-corrected chi connectivity index (χ2v) is 8.10. The summed E-state index contributed by atoms with van der Waals surface area (Å²) in [6.07, 6.45) is 5.38. The maximum absolute atomic E-state index is 11.8. The Morgan fingerprint density at radius 2 is 1.83 bits per heavy atom. The minimum absolute atomic E-state index is 0.0157. The van der Waals surface area contributed by atoms with Gasteiger partial charge in [-0.05, 0) is 52.0 Å². The van der Waals surface area contributed by atoms with Gasteiger partial charge in [-0.3, -0.25) is 14.6 Å². The Morgan fingerprint density at radius 3 is 2.46 bits per heavy atom. The number of likely N-dealkylation sites (N-methyl/N-ethyl adjacent to an activating group) is 1. The van der Waals surface area contributed by atoms with E-state index < -0.39 is 0 Å². The average molecular weight is 338 g/mol. The van der Waals surface area contributed by atoms with Gasteiger partial charge < -0.3 is 9.47 Å². The number of esters is 1. The maximum atomic E-state index is 11.8. The third kappa shape index (κ3) is 4.30. The maximum Gasteiger partial charge on any atom is 0.308 e. The topological polar surface area (TPSA) is 42.0 Å². The van der Waals surface area contributed by atoms with Crippen LogP contribution >= 0.6 is 0 Å². The second kappa shape index (κ2) is 8.15. The Morgan fingerprint density at radius 1 is 1.12 bits per heavy atom. The highest BCUT2D eigenvalue weighted by molar-refractivity contribution is 5.72. The molecule has 2 saturated heterocycles. The minimum atomic E-state index is -0.0157. The monoisotopic (exact) mass is 338 g/mol. The fraction of sp³-hybridized carbons (Fsp3) is 0.947. The number of carbonyl (C=O) groups is 1. The van der Waals surface area contributed by atoms with Crippen molar-refractivity contribution in [2.24, 2.45) is 11.8 Å². The van der Waals surface area contributed by atoms with E-state index in [1.165, 1.54) is 26.1 Å². The summed E-state index contributed by atoms with van der Waals surface area (Å²) in [7, 11) is 2.23. The summed E-state index contributed by atoms with van der Waals surface area (Å²) >= 11 is 0. The Balaban J connectivity index is 1.35. The molecule has 0 bridgehead atoms. The van der Waals surface area contributed by atoms with E-state index in [-0.39, 0.29) is 11.9 Å². The number of hydrogen-bond acceptors (Lipinski definition) is 5. The minimum Gasteiger partial charge on any atom is -0.466 e. The van der Waals surface area contributed by atoms with Crippen LogP contribution in [0.5, 0.6) is 0 Å². The molecular formula is C19H34N2O3. The Kier molecular flexibility index (Phi) is 6.17. The van der Waals surface area contributed by atoms with Gasteiger partial charge >= 0.3 is 5.97 Å². The summed E-state index contributed by atoms with van der Waals surface area (Å²) in [5.74, 6) is 0.954. The molecule has 0 spiro atoms. The molecule has 0 radical (unpaired) electrons. The molecule has 2 aliphatic heterocycles. The average Bonchev–Trinajstić information content (AvgIpc) is 2.91. The van der Waals surface area contributed by atoms with Gasteiger partial charge in [-0.15, -0.1) is 0 Å². The zero-order valence-corrected chi connectivity index (χ0v) is 15.6. The highest BCUT2D eigenvalue weighted by atomic mass is 16.5. The van der Waals surface area contributed by atoms with Crippen molar-refractivity contribution in [2.45, 2.75) is 64.1 Å². The molecule has 0 aromatic heterocycles. The molecule has 5 nitrogen and oxygen atoms in total. The van der Waals surface area contributed by atoms with Gasteiger partial charge in [0.05, 0.1) is 25.2 Å². The van der Waals surface area contributed by atoms with E-state index in [1.807, 2.05) is 6.92 Å². The van der Waals surface area contributed by atoms with Crippen molar-refractivity contribution >= 4 is 5.97 Å². The van der Waals surface area contributed by atoms with Gasteiger partial charge in [0.2, 0.25) is 0 Å². The zero-order chi connectivity index (χ0) is 17.1. The van der Waals surface area contributed by atoms with Crippen molar-refractivity contribution in [1.82, 2.24) is 9.80 Å². The summed E-state index contributed by atoms with van der Waals surface area (Å²) in [6.45, 7) is 9.25. The van der Waals surface area contributed by atoms with E-state index in [4.69, 9.17) is 9.47 Å². The predicted octanol–water partition coefficient (Wildman–Crippen LogP) is 2.15. The van der Waals surface area contributed by atoms with Crippen LogP contribution in [0.4, 0.5) is 0 Å². The molecule has 3 rings (SSSR count). The molecule has 0 N–H and O–H groups in total. The molecule has 2 heterocycles. The summed E-state index contributed by atoms with van der Waals surface area (Å²) in [4.78, 5) is 16.9. The van der Waals surface area contributed by atoms with Gasteiger partial charge in [0, 0.05) is 31.7 Å². The van der Waals surface area contributed by atoms with Crippen molar-refractivity contribution in [3.05, 3.63) is 0 Å². The highest BCUT2D eigenvalue weighted by Crippen LogP contribution is 2.30. The van der Waals surface area contributed by atoms with Crippen LogP contribution in [0.15, 0.2) is 0 Å². The smallest absolute Gasteiger partial charge is 0.308 e. The largest absolute Gasteiger partial charge is 0.466 e. The number of likely N-dealkylation sites (tertiary alicyclic amines) is 2. The molecule has 2 atom stereocenters. The first-order valence-corrected chi connectivity index (χ1v) is 9.79. The molecule has 1 aliphatic carbocycles. The van der Waals surface area contributed by atoms with Crippen LogP contribution in [0.25, 0.3) is 0 Å². The van der Waals surface area contributed by atoms with Crippen molar-refractivity contribution in [3.8, 4) is 0 Å². The lowest BCUT2D eigenvalue weighted by molar-refractivity contribution is -0.150. The zero-order valence-electron chi connectivity index (χ0n) is 15.6. The van der Waals surface area contributed by atoms with Crippen molar-refractivity contribution < 1.29 is 14.3 Å². The van der Waals surface area contributed by atoms with Crippen molar-refractivity contribution in [3.63, 3.8) is 0 Å². The summed E-state index contributed by atoms with van der Waals surface area (Å²) in [6, 6.07) is 1.27. The number of rotatable bonds is 6. The number of carbonyl (C=O) groups excluding carboxylic acids is 1. The van der Waals surface area contributed by atoms with Gasteiger partial charge in [-0.2, -0.15) is 0 Å². The molecular weight excluding hydrogens is 304 g/mol. The fourth-order valence-electron chi connectivity index (χ4n) is 4.53. The van der Waals surface area contributed by atoms with Crippen molar-refractivity contribution in [1.29, 1.82) is 0 Å². The Hall–Kier alpha value is -0.650. The molecule has 24 heavy (non-hydrogen) atoms. The molecule has 0 unspecified atom stereocenters. The van der Waals surface area contributed by atoms with E-state index in [2.05, 4.69) is 23.8 Å². The Bertz CT molecular complexity index is 417. The second-order valence-electron chi connectivity index (χ2n) is 8.10. The number of ether oxygens (including phenoxy) is 2. The summed E-state index contributed by atoms with van der Waals surface area (Å²) < 4.78 is 11.4. The van der Waals surface area contributed by atoms with Crippen LogP contribution in [0.2, 0.25) is 0 Å². The predicted molar refractivity (Wildman–Crippen MR) is 93.9 cm³/mol. The van der Waals surface area contributed by atoms with E-state index >= 15 is 0 Å². The highest BCUT2D eigenvalue weighted by Gasteiger charge is 2.38. The SMILES string of the molecule is CCOC(=O)C1CCC(OC[C@@H]2C[C@H](N3CC(C)C3)CN2C)CC1. The van der Waals surface area contributed by atoms with Crippen molar-refractivity contribution in [2.75, 3.05) is 39.9 Å². The molecule has 0 amide bonds. The summed E-state index contributed by atoms with van der Waals surface area (Å²) in [5.41, 5.74) is 0. The van der Waals surface area contributed by atoms with Gasteiger partial charge in [-0.1, -0.05) is 6.92 Å². The van der Waals surface area contributed by atoms with Crippen LogP contribution in [-0.4, -0.2) is 73.9 Å². The van der Waals surface area contributed by atoms with Gasteiger partial charge in [0.25, 0.3) is 0 Å². The van der Waals surface area contributed by atoms with Crippen LogP contribution in [-0.2, 0) is 14.3 Å². The van der Waals surface area contributed by atoms with Crippen LogP contribution in [0, 0.1) is 11.8 Å². The molecule has 0 aromatic carbocycles. The number of hydrogen-bond donors (Lipinski definition) is 0.